The summed E-state index contributed by atoms with van der Waals surface area (Å²) < 4.78 is 11.6. The summed E-state index contributed by atoms with van der Waals surface area (Å²) in [7, 11) is 0. The summed E-state index contributed by atoms with van der Waals surface area (Å²) in [6, 6.07) is 0. The molecule has 6 heteroatoms. The molecular formula is C17H27N3O3. The van der Waals surface area contributed by atoms with Crippen molar-refractivity contribution in [1.29, 1.82) is 0 Å². The molecule has 0 aromatic carbocycles. The summed E-state index contributed by atoms with van der Waals surface area (Å²) in [4.78, 5) is 2.36. The van der Waals surface area contributed by atoms with E-state index in [1.807, 2.05) is 6.92 Å². The second-order valence-electron chi connectivity index (χ2n) is 7.37. The van der Waals surface area contributed by atoms with Gasteiger partial charge >= 0.3 is 0 Å². The zero-order chi connectivity index (χ0) is 15.9. The Balaban J connectivity index is 1.32. The molecule has 4 rings (SSSR count). The van der Waals surface area contributed by atoms with Crippen LogP contribution in [0.15, 0.2) is 4.42 Å². The predicted octanol–water partition coefficient (Wildman–Crippen LogP) is 2.09. The van der Waals surface area contributed by atoms with Gasteiger partial charge in [0.25, 0.3) is 0 Å². The van der Waals surface area contributed by atoms with Crippen molar-refractivity contribution < 1.29 is 14.3 Å². The maximum Gasteiger partial charge on any atom is 0.230 e. The molecule has 1 aromatic rings. The SMILES string of the molecule is CCOC1CC(O)C12CCN(Cc1nnc(C3CCC3)o1)CC2. The molecule has 1 N–H and O–H groups in total. The highest BCUT2D eigenvalue weighted by atomic mass is 16.5. The molecule has 3 fully saturated rings. The van der Waals surface area contributed by atoms with Crippen LogP contribution in [0.3, 0.4) is 0 Å². The summed E-state index contributed by atoms with van der Waals surface area (Å²) in [5, 5.41) is 18.7. The first-order chi connectivity index (χ1) is 11.2. The highest BCUT2D eigenvalue weighted by molar-refractivity contribution is 5.06. The van der Waals surface area contributed by atoms with Crippen LogP contribution in [0.4, 0.5) is 0 Å². The molecule has 2 aliphatic carbocycles. The Morgan fingerprint density at radius 2 is 2.09 bits per heavy atom. The Hall–Kier alpha value is -0.980. The maximum absolute atomic E-state index is 10.3. The molecule has 1 aromatic heterocycles. The molecular weight excluding hydrogens is 294 g/mol. The van der Waals surface area contributed by atoms with Gasteiger partial charge in [0, 0.05) is 24.4 Å². The molecule has 2 saturated carbocycles. The lowest BCUT2D eigenvalue weighted by Gasteiger charge is -2.56. The molecule has 2 heterocycles. The quantitative estimate of drug-likeness (QED) is 0.895. The van der Waals surface area contributed by atoms with Crippen LogP contribution in [0.2, 0.25) is 0 Å². The Labute approximate surface area is 137 Å². The second-order valence-corrected chi connectivity index (χ2v) is 7.37. The number of aliphatic hydroxyl groups excluding tert-OH is 1. The molecule has 1 aliphatic heterocycles. The molecule has 3 aliphatic rings. The second kappa shape index (κ2) is 6.15. The minimum Gasteiger partial charge on any atom is -0.424 e. The minimum absolute atomic E-state index is 0.0154. The first-order valence-electron chi connectivity index (χ1n) is 9.05. The number of hydrogen-bond donors (Lipinski definition) is 1. The molecule has 0 amide bonds. The van der Waals surface area contributed by atoms with Crippen molar-refractivity contribution >= 4 is 0 Å². The van der Waals surface area contributed by atoms with Crippen molar-refractivity contribution in [3.05, 3.63) is 11.8 Å². The standard InChI is InChI=1S/C17H27N3O3/c1-2-22-14-10-13(21)17(14)6-8-20(9-7-17)11-15-18-19-16(23-15)12-4-3-5-12/h12-14,21H,2-11H2,1H3. The van der Waals surface area contributed by atoms with E-state index >= 15 is 0 Å². The predicted molar refractivity (Wildman–Crippen MR) is 83.9 cm³/mol. The fraction of sp³-hybridized carbons (Fsp3) is 0.882. The van der Waals surface area contributed by atoms with Gasteiger partial charge in [0.05, 0.1) is 18.8 Å². The largest absolute Gasteiger partial charge is 0.424 e. The average molecular weight is 321 g/mol. The van der Waals surface area contributed by atoms with Gasteiger partial charge in [-0.25, -0.2) is 0 Å². The molecule has 1 saturated heterocycles. The number of nitrogens with zero attached hydrogens (tertiary/aromatic N) is 3. The van der Waals surface area contributed by atoms with Crippen LogP contribution in [-0.4, -0.2) is 52.1 Å². The number of piperidine rings is 1. The number of hydrogen-bond acceptors (Lipinski definition) is 6. The first kappa shape index (κ1) is 15.5. The summed E-state index contributed by atoms with van der Waals surface area (Å²) in [6.45, 7) is 5.41. The van der Waals surface area contributed by atoms with E-state index < -0.39 is 0 Å². The molecule has 1 spiro atoms. The van der Waals surface area contributed by atoms with Crippen LogP contribution in [0.25, 0.3) is 0 Å². The fourth-order valence-corrected chi connectivity index (χ4v) is 4.29. The van der Waals surface area contributed by atoms with Gasteiger partial charge in [-0.05, 0) is 45.7 Å². The molecule has 128 valence electrons. The zero-order valence-electron chi connectivity index (χ0n) is 13.9. The van der Waals surface area contributed by atoms with E-state index in [-0.39, 0.29) is 17.6 Å². The normalized spacial score (nSPS) is 31.0. The van der Waals surface area contributed by atoms with Gasteiger partial charge < -0.3 is 14.3 Å². The van der Waals surface area contributed by atoms with Gasteiger partial charge in [0.15, 0.2) is 0 Å². The van der Waals surface area contributed by atoms with Gasteiger partial charge in [0.1, 0.15) is 0 Å². The van der Waals surface area contributed by atoms with Crippen LogP contribution in [0.5, 0.6) is 0 Å². The van der Waals surface area contributed by atoms with Gasteiger partial charge in [0.2, 0.25) is 11.8 Å². The van der Waals surface area contributed by atoms with Crippen molar-refractivity contribution in [2.45, 2.75) is 70.1 Å². The van der Waals surface area contributed by atoms with Crippen molar-refractivity contribution in [1.82, 2.24) is 15.1 Å². The molecule has 0 bridgehead atoms. The summed E-state index contributed by atoms with van der Waals surface area (Å²) in [6.07, 6.45) is 6.45. The first-order valence-corrected chi connectivity index (χ1v) is 9.05. The fourth-order valence-electron chi connectivity index (χ4n) is 4.29. The topological polar surface area (TPSA) is 71.6 Å². The Morgan fingerprint density at radius 1 is 1.30 bits per heavy atom. The molecule has 2 unspecified atom stereocenters. The maximum atomic E-state index is 10.3. The van der Waals surface area contributed by atoms with Crippen molar-refractivity contribution in [3.8, 4) is 0 Å². The van der Waals surface area contributed by atoms with Crippen LogP contribution in [0, 0.1) is 5.41 Å². The third kappa shape index (κ3) is 2.71. The van der Waals surface area contributed by atoms with Crippen LogP contribution in [-0.2, 0) is 11.3 Å². The van der Waals surface area contributed by atoms with Gasteiger partial charge in [-0.2, -0.15) is 0 Å². The van der Waals surface area contributed by atoms with E-state index in [0.717, 1.165) is 57.3 Å². The number of likely N-dealkylation sites (tertiary alicyclic amines) is 1. The Morgan fingerprint density at radius 3 is 2.70 bits per heavy atom. The van der Waals surface area contributed by atoms with E-state index in [0.29, 0.717) is 5.92 Å². The Kier molecular flexibility index (Phi) is 4.15. The smallest absolute Gasteiger partial charge is 0.230 e. The summed E-state index contributed by atoms with van der Waals surface area (Å²) in [5.74, 6) is 2.06. The van der Waals surface area contributed by atoms with E-state index in [4.69, 9.17) is 9.15 Å². The molecule has 0 radical (unpaired) electrons. The molecule has 23 heavy (non-hydrogen) atoms. The number of rotatable bonds is 5. The highest BCUT2D eigenvalue weighted by Gasteiger charge is 2.55. The number of ether oxygens (including phenoxy) is 1. The lowest BCUT2D eigenvalue weighted by Crippen LogP contribution is -2.62. The van der Waals surface area contributed by atoms with Gasteiger partial charge in [-0.1, -0.05) is 6.42 Å². The van der Waals surface area contributed by atoms with E-state index in [1.54, 1.807) is 0 Å². The minimum atomic E-state index is -0.199. The molecule has 2 atom stereocenters. The van der Waals surface area contributed by atoms with Gasteiger partial charge in [-0.3, -0.25) is 4.90 Å². The summed E-state index contributed by atoms with van der Waals surface area (Å²) in [5.41, 5.74) is -0.0154. The average Bonchev–Trinajstić information content (AvgIpc) is 2.94. The van der Waals surface area contributed by atoms with Crippen LogP contribution < -0.4 is 0 Å². The Bertz CT molecular complexity index is 533. The number of aliphatic hydroxyl groups is 1. The third-order valence-corrected chi connectivity index (χ3v) is 6.19. The lowest BCUT2D eigenvalue weighted by molar-refractivity contribution is -0.210. The van der Waals surface area contributed by atoms with Crippen LogP contribution in [0.1, 0.15) is 63.1 Å². The van der Waals surface area contributed by atoms with E-state index in [2.05, 4.69) is 15.1 Å². The number of aromatic nitrogens is 2. The summed E-state index contributed by atoms with van der Waals surface area (Å²) >= 11 is 0. The zero-order valence-corrected chi connectivity index (χ0v) is 13.9. The van der Waals surface area contributed by atoms with Crippen molar-refractivity contribution in [2.24, 2.45) is 5.41 Å². The van der Waals surface area contributed by atoms with E-state index in [1.165, 1.54) is 19.3 Å². The van der Waals surface area contributed by atoms with E-state index in [9.17, 15) is 5.11 Å². The monoisotopic (exact) mass is 321 g/mol. The van der Waals surface area contributed by atoms with Crippen LogP contribution >= 0.6 is 0 Å². The highest BCUT2D eigenvalue weighted by Crippen LogP contribution is 2.51. The van der Waals surface area contributed by atoms with Gasteiger partial charge in [-0.15, -0.1) is 10.2 Å². The van der Waals surface area contributed by atoms with Crippen molar-refractivity contribution in [2.75, 3.05) is 19.7 Å². The third-order valence-electron chi connectivity index (χ3n) is 6.19. The lowest BCUT2D eigenvalue weighted by atomic mass is 9.58. The van der Waals surface area contributed by atoms with Crippen molar-refractivity contribution in [3.63, 3.8) is 0 Å². The molecule has 6 nitrogen and oxygen atoms in total.